The molecule has 0 aliphatic carbocycles. The second-order valence-electron chi connectivity index (χ2n) is 4.29. The van der Waals surface area contributed by atoms with E-state index in [1.54, 1.807) is 20.8 Å². The zero-order valence-corrected chi connectivity index (χ0v) is 11.3. The summed E-state index contributed by atoms with van der Waals surface area (Å²) in [7, 11) is 0. The third-order valence-electron chi connectivity index (χ3n) is 1.63. The van der Waals surface area contributed by atoms with E-state index in [0.29, 0.717) is 15.9 Å². The molecule has 1 N–H and O–H groups in total. The van der Waals surface area contributed by atoms with Crippen LogP contribution in [0.25, 0.3) is 0 Å². The van der Waals surface area contributed by atoms with Gasteiger partial charge in [-0.2, -0.15) is 5.26 Å². The van der Waals surface area contributed by atoms with E-state index in [1.807, 2.05) is 6.07 Å². The van der Waals surface area contributed by atoms with Gasteiger partial charge in [-0.1, -0.05) is 0 Å². The lowest BCUT2D eigenvalue weighted by atomic mass is 10.2. The minimum Gasteiger partial charge on any atom is -0.444 e. The Balaban J connectivity index is 2.83. The number of anilines is 1. The van der Waals surface area contributed by atoms with Gasteiger partial charge in [-0.3, -0.25) is 5.32 Å². The summed E-state index contributed by atoms with van der Waals surface area (Å²) in [5.41, 5.74) is 0.0577. The van der Waals surface area contributed by atoms with E-state index in [0.717, 1.165) is 0 Å². The highest BCUT2D eigenvalue weighted by Crippen LogP contribution is 2.18. The van der Waals surface area contributed by atoms with Crippen LogP contribution in [0.1, 0.15) is 26.3 Å². The first-order chi connectivity index (χ1) is 7.81. The summed E-state index contributed by atoms with van der Waals surface area (Å²) in [5, 5.41) is 11.4. The molecule has 0 aliphatic heterocycles. The predicted molar refractivity (Wildman–Crippen MR) is 66.5 cm³/mol. The van der Waals surface area contributed by atoms with Crippen LogP contribution in [0.15, 0.2) is 16.9 Å². The number of ether oxygens (including phenoxy) is 1. The molecule has 17 heavy (non-hydrogen) atoms. The Bertz CT molecular complexity index is 475. The SMILES string of the molecule is CC(C)(C)OC(=O)Nc1cnc(Br)cc1C#N. The van der Waals surface area contributed by atoms with Crippen LogP contribution in [0.5, 0.6) is 0 Å². The standard InChI is InChI=1S/C11H12BrN3O2/c1-11(2,3)17-10(16)15-8-6-14-9(12)4-7(8)5-13/h4,6H,1-3H3,(H,15,16). The monoisotopic (exact) mass is 297 g/mol. The Morgan fingerprint density at radius 2 is 2.24 bits per heavy atom. The van der Waals surface area contributed by atoms with Crippen LogP contribution in [-0.2, 0) is 4.74 Å². The fourth-order valence-corrected chi connectivity index (χ4v) is 1.37. The van der Waals surface area contributed by atoms with Gasteiger partial charge < -0.3 is 4.74 Å². The summed E-state index contributed by atoms with van der Waals surface area (Å²) in [6.07, 6.45) is 0.783. The number of amides is 1. The molecule has 0 unspecified atom stereocenters. The molecule has 0 radical (unpaired) electrons. The van der Waals surface area contributed by atoms with Crippen molar-refractivity contribution in [3.63, 3.8) is 0 Å². The summed E-state index contributed by atoms with van der Waals surface area (Å²) in [6.45, 7) is 5.28. The first-order valence-corrected chi connectivity index (χ1v) is 5.67. The number of carbonyl (C=O) groups excluding carboxylic acids is 1. The topological polar surface area (TPSA) is 75.0 Å². The molecule has 0 bridgehead atoms. The first-order valence-electron chi connectivity index (χ1n) is 4.87. The van der Waals surface area contributed by atoms with E-state index in [1.165, 1.54) is 12.3 Å². The van der Waals surface area contributed by atoms with Crippen molar-refractivity contribution in [1.29, 1.82) is 5.26 Å². The van der Waals surface area contributed by atoms with Crippen molar-refractivity contribution >= 4 is 27.7 Å². The number of pyridine rings is 1. The Hall–Kier alpha value is -1.61. The molecule has 1 aromatic rings. The second kappa shape index (κ2) is 5.15. The fourth-order valence-electron chi connectivity index (χ4n) is 1.04. The Morgan fingerprint density at radius 1 is 1.59 bits per heavy atom. The summed E-state index contributed by atoms with van der Waals surface area (Å²) in [5.74, 6) is 0. The average Bonchev–Trinajstić information content (AvgIpc) is 2.17. The summed E-state index contributed by atoms with van der Waals surface area (Å²) in [6, 6.07) is 3.48. The van der Waals surface area contributed by atoms with Gasteiger partial charge in [-0.05, 0) is 42.8 Å². The van der Waals surface area contributed by atoms with Crippen LogP contribution >= 0.6 is 15.9 Å². The quantitative estimate of drug-likeness (QED) is 0.808. The number of nitriles is 1. The van der Waals surface area contributed by atoms with Crippen molar-refractivity contribution in [2.45, 2.75) is 26.4 Å². The number of hydrogen-bond donors (Lipinski definition) is 1. The van der Waals surface area contributed by atoms with Crippen LogP contribution in [0, 0.1) is 11.3 Å². The second-order valence-corrected chi connectivity index (χ2v) is 5.10. The van der Waals surface area contributed by atoms with Crippen molar-refractivity contribution < 1.29 is 9.53 Å². The van der Waals surface area contributed by atoms with E-state index >= 15 is 0 Å². The Kier molecular flexibility index (Phi) is 4.07. The molecule has 1 heterocycles. The number of nitrogens with one attached hydrogen (secondary N) is 1. The molecule has 0 saturated heterocycles. The van der Waals surface area contributed by atoms with Gasteiger partial charge in [-0.25, -0.2) is 9.78 Å². The maximum Gasteiger partial charge on any atom is 0.412 e. The maximum absolute atomic E-state index is 11.5. The summed E-state index contributed by atoms with van der Waals surface area (Å²) < 4.78 is 5.60. The third-order valence-corrected chi connectivity index (χ3v) is 2.06. The molecule has 0 spiro atoms. The molecular weight excluding hydrogens is 286 g/mol. The summed E-state index contributed by atoms with van der Waals surface area (Å²) in [4.78, 5) is 15.4. The highest BCUT2D eigenvalue weighted by Gasteiger charge is 2.17. The molecule has 0 aliphatic rings. The number of aromatic nitrogens is 1. The van der Waals surface area contributed by atoms with E-state index in [2.05, 4.69) is 26.2 Å². The molecule has 1 amide bonds. The molecule has 6 heteroatoms. The van der Waals surface area contributed by atoms with Gasteiger partial charge >= 0.3 is 6.09 Å². The molecule has 1 aromatic heterocycles. The van der Waals surface area contributed by atoms with E-state index in [4.69, 9.17) is 10.00 Å². The van der Waals surface area contributed by atoms with Gasteiger partial charge in [0.05, 0.1) is 17.4 Å². The highest BCUT2D eigenvalue weighted by molar-refractivity contribution is 9.10. The zero-order chi connectivity index (χ0) is 13.1. The Morgan fingerprint density at radius 3 is 2.76 bits per heavy atom. The lowest BCUT2D eigenvalue weighted by molar-refractivity contribution is 0.0636. The molecule has 1 rings (SSSR count). The number of carbonyl (C=O) groups is 1. The van der Waals surface area contributed by atoms with Gasteiger partial charge in [0.1, 0.15) is 16.3 Å². The largest absolute Gasteiger partial charge is 0.444 e. The van der Waals surface area contributed by atoms with Crippen molar-refractivity contribution in [3.8, 4) is 6.07 Å². The van der Waals surface area contributed by atoms with Crippen LogP contribution in [-0.4, -0.2) is 16.7 Å². The van der Waals surface area contributed by atoms with Gasteiger partial charge in [0, 0.05) is 0 Å². The van der Waals surface area contributed by atoms with Gasteiger partial charge in [0.15, 0.2) is 0 Å². The van der Waals surface area contributed by atoms with Crippen molar-refractivity contribution in [2.75, 3.05) is 5.32 Å². The normalized spacial score (nSPS) is 10.5. The van der Waals surface area contributed by atoms with Gasteiger partial charge in [0.25, 0.3) is 0 Å². The van der Waals surface area contributed by atoms with E-state index < -0.39 is 11.7 Å². The predicted octanol–water partition coefficient (Wildman–Crippen LogP) is 3.06. The average molecular weight is 298 g/mol. The fraction of sp³-hybridized carbons (Fsp3) is 0.364. The summed E-state index contributed by atoms with van der Waals surface area (Å²) >= 11 is 3.15. The number of hydrogen-bond acceptors (Lipinski definition) is 4. The molecule has 0 saturated carbocycles. The zero-order valence-electron chi connectivity index (χ0n) is 9.74. The molecular formula is C11H12BrN3O2. The van der Waals surface area contributed by atoms with Crippen molar-refractivity contribution in [3.05, 3.63) is 22.4 Å². The molecule has 5 nitrogen and oxygen atoms in total. The Labute approximate surface area is 108 Å². The van der Waals surface area contributed by atoms with Crippen LogP contribution < -0.4 is 5.32 Å². The number of nitrogens with zero attached hydrogens (tertiary/aromatic N) is 2. The minimum absolute atomic E-state index is 0.317. The van der Waals surface area contributed by atoms with Gasteiger partial charge in [-0.15, -0.1) is 0 Å². The molecule has 0 aromatic carbocycles. The minimum atomic E-state index is -0.613. The molecule has 0 atom stereocenters. The first kappa shape index (κ1) is 13.5. The number of halogens is 1. The third kappa shape index (κ3) is 4.41. The van der Waals surface area contributed by atoms with E-state index in [-0.39, 0.29) is 0 Å². The molecule has 0 fully saturated rings. The van der Waals surface area contributed by atoms with Crippen LogP contribution in [0.4, 0.5) is 10.5 Å². The van der Waals surface area contributed by atoms with E-state index in [9.17, 15) is 4.79 Å². The number of rotatable bonds is 1. The maximum atomic E-state index is 11.5. The van der Waals surface area contributed by atoms with Crippen LogP contribution in [0.2, 0.25) is 0 Å². The van der Waals surface area contributed by atoms with Crippen LogP contribution in [0.3, 0.4) is 0 Å². The smallest absolute Gasteiger partial charge is 0.412 e. The molecule has 90 valence electrons. The highest BCUT2D eigenvalue weighted by atomic mass is 79.9. The lowest BCUT2D eigenvalue weighted by Gasteiger charge is -2.19. The van der Waals surface area contributed by atoms with Gasteiger partial charge in [0.2, 0.25) is 0 Å². The lowest BCUT2D eigenvalue weighted by Crippen LogP contribution is -2.27. The van der Waals surface area contributed by atoms with Crippen molar-refractivity contribution in [1.82, 2.24) is 4.98 Å². The van der Waals surface area contributed by atoms with Crippen molar-refractivity contribution in [2.24, 2.45) is 0 Å².